The molecule has 1 amide bonds. The summed E-state index contributed by atoms with van der Waals surface area (Å²) < 4.78 is 25.5. The highest BCUT2D eigenvalue weighted by molar-refractivity contribution is 14.1. The van der Waals surface area contributed by atoms with Gasteiger partial charge >= 0.3 is 5.97 Å². The Hall–Kier alpha value is -1.44. The number of aromatic amines is 1. The van der Waals surface area contributed by atoms with Crippen LogP contribution in [0.5, 0.6) is 0 Å². The largest absolute Gasteiger partial charge is 0.465 e. The second kappa shape index (κ2) is 10.5. The van der Waals surface area contributed by atoms with E-state index >= 15 is 0 Å². The van der Waals surface area contributed by atoms with Gasteiger partial charge in [0.1, 0.15) is 16.7 Å². The van der Waals surface area contributed by atoms with Crippen LogP contribution in [0.15, 0.2) is 0 Å². The topological polar surface area (TPSA) is 96.5 Å². The number of halogens is 3. The van der Waals surface area contributed by atoms with Crippen molar-refractivity contribution in [1.82, 2.24) is 15.3 Å². The number of thiazole rings is 1. The van der Waals surface area contributed by atoms with E-state index in [1.54, 1.807) is 4.90 Å². The van der Waals surface area contributed by atoms with Crippen molar-refractivity contribution in [2.45, 2.75) is 36.6 Å². The van der Waals surface area contributed by atoms with Crippen molar-refractivity contribution in [2.75, 3.05) is 32.2 Å². The summed E-state index contributed by atoms with van der Waals surface area (Å²) in [6.45, 7) is 2.52. The number of hydrogen-bond acceptors (Lipinski definition) is 7. The summed E-state index contributed by atoms with van der Waals surface area (Å²) in [5, 5.41) is 3.66. The van der Waals surface area contributed by atoms with Gasteiger partial charge < -0.3 is 24.7 Å². The van der Waals surface area contributed by atoms with Crippen LogP contribution in [0.1, 0.15) is 43.5 Å². The number of nitrogens with zero attached hydrogens (tertiary/aromatic N) is 2. The van der Waals surface area contributed by atoms with Crippen molar-refractivity contribution in [3.8, 4) is 0 Å². The maximum Gasteiger partial charge on any atom is 0.350 e. The Kier molecular flexibility index (Phi) is 8.16. The van der Waals surface area contributed by atoms with Gasteiger partial charge in [0.2, 0.25) is 0 Å². The average Bonchev–Trinajstić information content (AvgIpc) is 3.29. The molecule has 12 heteroatoms. The molecule has 1 saturated heterocycles. The fourth-order valence-corrected chi connectivity index (χ4v) is 5.93. The molecule has 1 aliphatic heterocycles. The number of aromatic nitrogens is 2. The molecule has 0 saturated carbocycles. The average molecular weight is 585 g/mol. The number of ether oxygens (including phenoxy) is 2. The van der Waals surface area contributed by atoms with Crippen LogP contribution in [0.4, 0.5) is 9.52 Å². The van der Waals surface area contributed by atoms with Crippen molar-refractivity contribution < 1.29 is 23.5 Å². The molecule has 1 aliphatic rings. The van der Waals surface area contributed by atoms with Gasteiger partial charge in [-0.25, -0.2) is 14.2 Å². The van der Waals surface area contributed by atoms with Gasteiger partial charge in [0.15, 0.2) is 5.13 Å². The predicted octanol–water partition coefficient (Wildman–Crippen LogP) is 3.65. The lowest BCUT2D eigenvalue weighted by Crippen LogP contribution is -2.52. The van der Waals surface area contributed by atoms with Gasteiger partial charge in [-0.3, -0.25) is 4.79 Å². The van der Waals surface area contributed by atoms with E-state index in [1.807, 2.05) is 6.92 Å². The molecule has 0 radical (unpaired) electrons. The Morgan fingerprint density at radius 3 is 2.77 bits per heavy atom. The maximum absolute atomic E-state index is 15.0. The summed E-state index contributed by atoms with van der Waals surface area (Å²) >= 11 is 9.63. The number of hydrogen-bond donors (Lipinski definition) is 2. The Bertz CT molecular complexity index is 969. The summed E-state index contributed by atoms with van der Waals surface area (Å²) in [5.41, 5.74) is 2.42. The number of anilines is 1. The van der Waals surface area contributed by atoms with E-state index in [9.17, 15) is 14.0 Å². The summed E-state index contributed by atoms with van der Waals surface area (Å²) in [7, 11) is 2.80. The summed E-state index contributed by atoms with van der Waals surface area (Å²) in [6, 6.07) is -0.648. The van der Waals surface area contributed by atoms with Gasteiger partial charge in [-0.05, 0) is 13.3 Å². The van der Waals surface area contributed by atoms with Gasteiger partial charge in [-0.2, -0.15) is 0 Å². The number of H-pyrrole nitrogens is 1. The van der Waals surface area contributed by atoms with Crippen molar-refractivity contribution >= 4 is 62.5 Å². The number of rotatable bonds is 7. The van der Waals surface area contributed by atoms with Crippen molar-refractivity contribution in [2.24, 2.45) is 0 Å². The molecular weight excluding hydrogens is 562 g/mol. The highest BCUT2D eigenvalue weighted by Crippen LogP contribution is 2.31. The molecule has 0 aromatic carbocycles. The van der Waals surface area contributed by atoms with Crippen LogP contribution < -0.4 is 10.2 Å². The molecule has 1 fully saturated rings. The molecule has 3 rings (SSSR count). The third kappa shape index (κ3) is 5.15. The first-order valence-electron chi connectivity index (χ1n) is 9.50. The van der Waals surface area contributed by atoms with Crippen molar-refractivity contribution in [3.05, 3.63) is 32.5 Å². The summed E-state index contributed by atoms with van der Waals surface area (Å²) in [5.74, 6) is -0.923. The Labute approximate surface area is 202 Å². The molecule has 2 atom stereocenters. The van der Waals surface area contributed by atoms with Gasteiger partial charge in [0, 0.05) is 29.3 Å². The monoisotopic (exact) mass is 584 g/mol. The smallest absolute Gasteiger partial charge is 0.350 e. The molecule has 8 nitrogen and oxygen atoms in total. The molecule has 0 aliphatic carbocycles. The van der Waals surface area contributed by atoms with Crippen LogP contribution in [-0.4, -0.2) is 61.4 Å². The van der Waals surface area contributed by atoms with E-state index in [4.69, 9.17) is 21.1 Å². The zero-order valence-corrected chi connectivity index (χ0v) is 21.0. The van der Waals surface area contributed by atoms with Gasteiger partial charge in [-0.15, -0.1) is 0 Å². The molecule has 0 spiro atoms. The van der Waals surface area contributed by atoms with E-state index in [-0.39, 0.29) is 18.8 Å². The van der Waals surface area contributed by atoms with Gasteiger partial charge in [-0.1, -0.05) is 45.5 Å². The van der Waals surface area contributed by atoms with Crippen LogP contribution >= 0.6 is 45.5 Å². The molecule has 31 heavy (non-hydrogen) atoms. The zero-order valence-electron chi connectivity index (χ0n) is 17.3. The maximum atomic E-state index is 15.0. The first-order valence-corrected chi connectivity index (χ1v) is 12.2. The number of nitrogens with one attached hydrogen (secondary N) is 2. The van der Waals surface area contributed by atoms with E-state index in [1.165, 1.54) is 14.2 Å². The first-order chi connectivity index (χ1) is 14.8. The second-order valence-electron chi connectivity index (χ2n) is 7.08. The minimum absolute atomic E-state index is 0.0436. The molecular formula is C19H23ClFIN4O4S. The number of alkyl halides is 2. The van der Waals surface area contributed by atoms with Crippen LogP contribution in [0.2, 0.25) is 5.02 Å². The van der Waals surface area contributed by atoms with Crippen molar-refractivity contribution in [1.29, 1.82) is 0 Å². The Balaban J connectivity index is 1.68. The predicted molar refractivity (Wildman–Crippen MR) is 125 cm³/mol. The van der Waals surface area contributed by atoms with Crippen LogP contribution in [0.3, 0.4) is 0 Å². The fourth-order valence-electron chi connectivity index (χ4n) is 3.39. The number of carbonyl (C=O) groups excluding carboxylic acids is 2. The lowest BCUT2D eigenvalue weighted by Gasteiger charge is -2.34. The van der Waals surface area contributed by atoms with Crippen LogP contribution in [0.25, 0.3) is 0 Å². The number of methoxy groups -OCH3 is 2. The summed E-state index contributed by atoms with van der Waals surface area (Å²) in [4.78, 5) is 34.2. The normalized spacial score (nSPS) is 18.8. The Morgan fingerprint density at radius 1 is 1.45 bits per heavy atom. The molecule has 0 unspecified atom stereocenters. The molecule has 0 bridgehead atoms. The molecule has 2 aromatic rings. The van der Waals surface area contributed by atoms with E-state index < -0.39 is 24.1 Å². The molecule has 3 heterocycles. The third-order valence-electron chi connectivity index (χ3n) is 5.08. The first kappa shape index (κ1) is 24.2. The number of amides is 1. The minimum Gasteiger partial charge on any atom is -0.465 e. The minimum atomic E-state index is -1.31. The molecule has 170 valence electrons. The van der Waals surface area contributed by atoms with Crippen LogP contribution in [-0.2, 0) is 20.5 Å². The molecule has 2 aromatic heterocycles. The van der Waals surface area contributed by atoms with E-state index in [0.29, 0.717) is 38.1 Å². The standard InChI is InChI=1S/C19H23ClFIN4O4S/c1-9-10(6-22)14(20)15(23-9)17(27)24-12-4-5-26(7-11(12)21)19-25-13(8-29-2)16(31-19)18(28)30-3/h11-12,23H,4-8H2,1-3H3,(H,24,27)/t11-,12+/m0/s1. The van der Waals surface area contributed by atoms with Crippen molar-refractivity contribution in [3.63, 3.8) is 0 Å². The zero-order chi connectivity index (χ0) is 22.7. The van der Waals surface area contributed by atoms with Crippen LogP contribution in [0, 0.1) is 6.92 Å². The number of aryl methyl sites for hydroxylation is 1. The Morgan fingerprint density at radius 2 is 2.19 bits per heavy atom. The fraction of sp³-hybridized carbons (Fsp3) is 0.526. The lowest BCUT2D eigenvalue weighted by molar-refractivity contribution is 0.0601. The third-order valence-corrected chi connectivity index (χ3v) is 7.40. The number of esters is 1. The number of carbonyl (C=O) groups is 2. The van der Waals surface area contributed by atoms with E-state index in [0.717, 1.165) is 22.6 Å². The van der Waals surface area contributed by atoms with Gasteiger partial charge in [0.25, 0.3) is 5.91 Å². The lowest BCUT2D eigenvalue weighted by atomic mass is 10.0. The van der Waals surface area contributed by atoms with E-state index in [2.05, 4.69) is 37.9 Å². The highest BCUT2D eigenvalue weighted by Gasteiger charge is 2.33. The second-order valence-corrected chi connectivity index (χ2v) is 9.20. The highest BCUT2D eigenvalue weighted by atomic mass is 127. The number of piperidine rings is 1. The summed E-state index contributed by atoms with van der Waals surface area (Å²) in [6.07, 6.45) is -0.927. The quantitative estimate of drug-likeness (QED) is 0.293. The SMILES string of the molecule is COCc1nc(N2CC[C@@H](NC(=O)c3[nH]c(C)c(CI)c3Cl)[C@@H](F)C2)sc1C(=O)OC. The molecule has 2 N–H and O–H groups in total. The van der Waals surface area contributed by atoms with Gasteiger partial charge in [0.05, 0.1) is 37.0 Å².